The monoisotopic (exact) mass is 636 g/mol. The molecule has 1 unspecified atom stereocenters. The molecule has 46 heavy (non-hydrogen) atoms. The highest BCUT2D eigenvalue weighted by Crippen LogP contribution is 2.43. The summed E-state index contributed by atoms with van der Waals surface area (Å²) in [5, 5.41) is 0. The standard InChI is InChI=1S/C38H47F3N2O3/c1-5-31-21-22-32-33(42-31)10-8-11-34(32)43(36(44)46-37(2,3)4)24-23-29-9-6-7-12-35(29)45-25-26-13-15-27(16-14-26)28-17-19-30(20-18-28)38(39,40)41/h6-7,9,12-16,21-22,28,30,34H,5,8,10-11,17-20,23-25H2,1-4H3. The smallest absolute Gasteiger partial charge is 0.410 e. The molecule has 1 heterocycles. The van der Waals surface area contributed by atoms with Gasteiger partial charge in [0.1, 0.15) is 18.0 Å². The molecular weight excluding hydrogens is 589 g/mol. The Morgan fingerprint density at radius 1 is 0.935 bits per heavy atom. The molecule has 5 rings (SSSR count). The number of hydrogen-bond donors (Lipinski definition) is 0. The number of amides is 1. The molecule has 0 aliphatic heterocycles. The summed E-state index contributed by atoms with van der Waals surface area (Å²) in [7, 11) is 0. The fourth-order valence-corrected chi connectivity index (χ4v) is 6.79. The third-order valence-corrected chi connectivity index (χ3v) is 9.31. The maximum absolute atomic E-state index is 13.6. The number of ether oxygens (including phenoxy) is 2. The van der Waals surface area contributed by atoms with Crippen LogP contribution in [0.1, 0.15) is 112 Å². The molecule has 1 fully saturated rings. The topological polar surface area (TPSA) is 51.7 Å². The van der Waals surface area contributed by atoms with Crippen molar-refractivity contribution < 1.29 is 27.4 Å². The maximum atomic E-state index is 13.6. The predicted octanol–water partition coefficient (Wildman–Crippen LogP) is 9.92. The Kier molecular flexibility index (Phi) is 10.6. The second kappa shape index (κ2) is 14.5. The van der Waals surface area contributed by atoms with Crippen LogP contribution >= 0.6 is 0 Å². The first kappa shape index (κ1) is 33.8. The summed E-state index contributed by atoms with van der Waals surface area (Å²) < 4.78 is 51.4. The number of nitrogens with zero attached hydrogens (tertiary/aromatic N) is 2. The summed E-state index contributed by atoms with van der Waals surface area (Å²) >= 11 is 0. The molecule has 1 atom stereocenters. The molecule has 3 aromatic rings. The summed E-state index contributed by atoms with van der Waals surface area (Å²) in [4.78, 5) is 20.4. The first-order chi connectivity index (χ1) is 21.9. The van der Waals surface area contributed by atoms with Crippen LogP contribution in [-0.4, -0.2) is 34.3 Å². The number of fused-ring (bicyclic) bond motifs is 1. The number of carbonyl (C=O) groups excluding carboxylic acids is 1. The van der Waals surface area contributed by atoms with Crippen molar-refractivity contribution in [3.63, 3.8) is 0 Å². The van der Waals surface area contributed by atoms with Crippen LogP contribution in [0, 0.1) is 5.92 Å². The van der Waals surface area contributed by atoms with Crippen molar-refractivity contribution in [2.75, 3.05) is 6.54 Å². The Balaban J connectivity index is 1.25. The molecule has 248 valence electrons. The van der Waals surface area contributed by atoms with Crippen LogP contribution in [0.4, 0.5) is 18.0 Å². The van der Waals surface area contributed by atoms with Gasteiger partial charge in [0.25, 0.3) is 0 Å². The number of rotatable bonds is 9. The number of pyridine rings is 1. The van der Waals surface area contributed by atoms with E-state index in [1.165, 1.54) is 0 Å². The average Bonchev–Trinajstić information content (AvgIpc) is 3.03. The predicted molar refractivity (Wildman–Crippen MR) is 174 cm³/mol. The second-order valence-corrected chi connectivity index (χ2v) is 13.8. The zero-order chi connectivity index (χ0) is 32.9. The van der Waals surface area contributed by atoms with Gasteiger partial charge in [-0.3, -0.25) is 4.98 Å². The third kappa shape index (κ3) is 8.62. The van der Waals surface area contributed by atoms with Crippen LogP contribution in [0.25, 0.3) is 0 Å². The molecule has 0 spiro atoms. The molecule has 1 saturated carbocycles. The molecule has 0 saturated heterocycles. The second-order valence-electron chi connectivity index (χ2n) is 13.8. The number of halogens is 3. The fourth-order valence-electron chi connectivity index (χ4n) is 6.79. The first-order valence-electron chi connectivity index (χ1n) is 16.8. The zero-order valence-corrected chi connectivity index (χ0v) is 27.5. The SMILES string of the molecule is CCc1ccc2c(n1)CCCC2N(CCc1ccccc1OCc1ccc(C2CCC(C(F)(F)F)CC2)cc1)C(=O)OC(C)(C)C. The Hall–Kier alpha value is -3.55. The van der Waals surface area contributed by atoms with E-state index in [0.717, 1.165) is 65.1 Å². The molecule has 0 bridgehead atoms. The Morgan fingerprint density at radius 3 is 2.33 bits per heavy atom. The van der Waals surface area contributed by atoms with E-state index in [2.05, 4.69) is 19.1 Å². The number of para-hydroxylation sites is 1. The Morgan fingerprint density at radius 2 is 1.65 bits per heavy atom. The van der Waals surface area contributed by atoms with Crippen LogP contribution in [-0.2, 0) is 30.6 Å². The van der Waals surface area contributed by atoms with Crippen LogP contribution in [0.5, 0.6) is 5.75 Å². The van der Waals surface area contributed by atoms with Crippen LogP contribution in [0.15, 0.2) is 60.7 Å². The molecule has 8 heteroatoms. The Labute approximate surface area is 271 Å². The largest absolute Gasteiger partial charge is 0.489 e. The molecule has 5 nitrogen and oxygen atoms in total. The van der Waals surface area contributed by atoms with Crippen molar-refractivity contribution in [3.05, 3.63) is 94.3 Å². The van der Waals surface area contributed by atoms with E-state index in [1.807, 2.05) is 74.2 Å². The summed E-state index contributed by atoms with van der Waals surface area (Å²) in [5.74, 6) is -0.237. The minimum Gasteiger partial charge on any atom is -0.489 e. The van der Waals surface area contributed by atoms with Gasteiger partial charge in [0.05, 0.1) is 12.0 Å². The van der Waals surface area contributed by atoms with Gasteiger partial charge in [0.15, 0.2) is 0 Å². The lowest BCUT2D eigenvalue weighted by Crippen LogP contribution is -2.41. The van der Waals surface area contributed by atoms with Gasteiger partial charge < -0.3 is 14.4 Å². The van der Waals surface area contributed by atoms with E-state index in [0.29, 0.717) is 32.4 Å². The quantitative estimate of drug-likeness (QED) is 0.235. The average molecular weight is 637 g/mol. The van der Waals surface area contributed by atoms with Gasteiger partial charge in [0.2, 0.25) is 0 Å². The molecule has 0 radical (unpaired) electrons. The van der Waals surface area contributed by atoms with Crippen molar-refractivity contribution in [2.24, 2.45) is 5.92 Å². The van der Waals surface area contributed by atoms with Gasteiger partial charge in [-0.05, 0) is 119 Å². The highest BCUT2D eigenvalue weighted by atomic mass is 19.4. The zero-order valence-electron chi connectivity index (χ0n) is 27.5. The highest BCUT2D eigenvalue weighted by molar-refractivity contribution is 5.69. The molecule has 2 aromatic carbocycles. The van der Waals surface area contributed by atoms with Gasteiger partial charge >= 0.3 is 12.3 Å². The molecule has 1 aromatic heterocycles. The lowest BCUT2D eigenvalue weighted by Gasteiger charge is -2.36. The van der Waals surface area contributed by atoms with E-state index in [1.54, 1.807) is 0 Å². The fraction of sp³-hybridized carbons (Fsp3) is 0.526. The van der Waals surface area contributed by atoms with Crippen molar-refractivity contribution in [3.8, 4) is 5.75 Å². The highest BCUT2D eigenvalue weighted by Gasteiger charge is 2.41. The van der Waals surface area contributed by atoms with Crippen molar-refractivity contribution in [1.29, 1.82) is 0 Å². The van der Waals surface area contributed by atoms with Crippen LogP contribution < -0.4 is 4.74 Å². The minimum absolute atomic E-state index is 0.105. The number of aromatic nitrogens is 1. The lowest BCUT2D eigenvalue weighted by atomic mass is 9.78. The normalized spacial score (nSPS) is 20.1. The number of alkyl halides is 3. The van der Waals surface area contributed by atoms with E-state index in [9.17, 15) is 18.0 Å². The molecular formula is C38H47F3N2O3. The van der Waals surface area contributed by atoms with Crippen LogP contribution in [0.3, 0.4) is 0 Å². The minimum atomic E-state index is -4.09. The molecule has 0 N–H and O–H groups in total. The van der Waals surface area contributed by atoms with Crippen molar-refractivity contribution in [1.82, 2.24) is 9.88 Å². The number of carbonyl (C=O) groups is 1. The van der Waals surface area contributed by atoms with E-state index in [4.69, 9.17) is 14.5 Å². The van der Waals surface area contributed by atoms with Crippen molar-refractivity contribution in [2.45, 2.75) is 116 Å². The summed E-state index contributed by atoms with van der Waals surface area (Å²) in [6, 6.07) is 20.1. The van der Waals surface area contributed by atoms with Crippen molar-refractivity contribution >= 4 is 6.09 Å². The van der Waals surface area contributed by atoms with Gasteiger partial charge in [-0.15, -0.1) is 0 Å². The maximum Gasteiger partial charge on any atom is 0.410 e. The summed E-state index contributed by atoms with van der Waals surface area (Å²) in [5.41, 5.74) is 5.73. The van der Waals surface area contributed by atoms with E-state index in [-0.39, 0.29) is 30.9 Å². The van der Waals surface area contributed by atoms with Crippen LogP contribution in [0.2, 0.25) is 0 Å². The van der Waals surface area contributed by atoms with Gasteiger partial charge in [0, 0.05) is 17.9 Å². The van der Waals surface area contributed by atoms with Gasteiger partial charge in [-0.2, -0.15) is 13.2 Å². The molecule has 2 aliphatic carbocycles. The number of benzene rings is 2. The first-order valence-corrected chi connectivity index (χ1v) is 16.8. The summed E-state index contributed by atoms with van der Waals surface area (Å²) in [6.45, 7) is 8.62. The number of aryl methyl sites for hydroxylation is 2. The third-order valence-electron chi connectivity index (χ3n) is 9.31. The summed E-state index contributed by atoms with van der Waals surface area (Å²) in [6.07, 6.45) is 1.33. The van der Waals surface area contributed by atoms with Gasteiger partial charge in [-0.1, -0.05) is 55.5 Å². The van der Waals surface area contributed by atoms with E-state index < -0.39 is 17.7 Å². The Bertz CT molecular complexity index is 1460. The molecule has 1 amide bonds. The lowest BCUT2D eigenvalue weighted by molar-refractivity contribution is -0.182. The molecule has 2 aliphatic rings. The number of hydrogen-bond acceptors (Lipinski definition) is 4. The van der Waals surface area contributed by atoms with E-state index >= 15 is 0 Å². The van der Waals surface area contributed by atoms with Gasteiger partial charge in [-0.25, -0.2) is 4.79 Å².